The van der Waals surface area contributed by atoms with Crippen molar-refractivity contribution >= 4 is 22.7 Å². The highest BCUT2D eigenvalue weighted by atomic mass is 19.2. The van der Waals surface area contributed by atoms with E-state index in [1.165, 1.54) is 0 Å². The van der Waals surface area contributed by atoms with E-state index in [-0.39, 0.29) is 12.0 Å². The lowest BCUT2D eigenvalue weighted by Gasteiger charge is -2.29. The highest BCUT2D eigenvalue weighted by Gasteiger charge is 2.26. The Morgan fingerprint density at radius 1 is 0.853 bits per heavy atom. The number of hydrogen-bond donors (Lipinski definition) is 2. The molecule has 2 N–H and O–H groups in total. The highest BCUT2D eigenvalue weighted by Crippen LogP contribution is 2.29. The summed E-state index contributed by atoms with van der Waals surface area (Å²) >= 11 is 0. The number of rotatable bonds is 7. The van der Waals surface area contributed by atoms with Gasteiger partial charge in [0.1, 0.15) is 5.82 Å². The van der Waals surface area contributed by atoms with Gasteiger partial charge in [-0.25, -0.2) is 26.9 Å². The van der Waals surface area contributed by atoms with Crippen molar-refractivity contribution in [1.29, 1.82) is 0 Å². The normalized spacial score (nSPS) is 18.3. The second kappa shape index (κ2) is 10.1. The van der Waals surface area contributed by atoms with Crippen molar-refractivity contribution in [3.63, 3.8) is 0 Å². The second-order valence-electron chi connectivity index (χ2n) is 8.82. The fourth-order valence-corrected chi connectivity index (χ4v) is 4.37. The molecule has 4 rings (SSSR count). The molecule has 182 valence electrons. The molecule has 1 aliphatic carbocycles. The summed E-state index contributed by atoms with van der Waals surface area (Å²) in [6, 6.07) is 8.00. The highest BCUT2D eigenvalue weighted by molar-refractivity contribution is 5.90. The fourth-order valence-electron chi connectivity index (χ4n) is 4.37. The molecule has 5 nitrogen and oxygen atoms in total. The SMILES string of the molecule is CN(C)c1nc(NC2CCC(CNCc3c(F)c(F)c(F)c(F)c3F)CC2)nc2ccccc12. The van der Waals surface area contributed by atoms with Gasteiger partial charge < -0.3 is 15.5 Å². The van der Waals surface area contributed by atoms with Crippen LogP contribution in [0, 0.1) is 35.0 Å². The zero-order chi connectivity index (χ0) is 24.4. The monoisotopic (exact) mass is 479 g/mol. The number of fused-ring (bicyclic) bond motifs is 1. The average molecular weight is 479 g/mol. The number of nitrogens with one attached hydrogen (secondary N) is 2. The van der Waals surface area contributed by atoms with Crippen molar-refractivity contribution in [2.75, 3.05) is 30.9 Å². The summed E-state index contributed by atoms with van der Waals surface area (Å²) in [6.07, 6.45) is 3.39. The van der Waals surface area contributed by atoms with Crippen LogP contribution in [0.5, 0.6) is 0 Å². The summed E-state index contributed by atoms with van der Waals surface area (Å²) in [5.74, 6) is -7.93. The predicted octanol–water partition coefficient (Wildman–Crippen LogP) is 5.15. The van der Waals surface area contributed by atoms with Crippen LogP contribution in [0.4, 0.5) is 33.7 Å². The van der Waals surface area contributed by atoms with E-state index in [1.807, 2.05) is 43.3 Å². The van der Waals surface area contributed by atoms with Crippen molar-refractivity contribution in [2.45, 2.75) is 38.3 Å². The minimum Gasteiger partial charge on any atom is -0.362 e. The molecule has 0 radical (unpaired) electrons. The zero-order valence-corrected chi connectivity index (χ0v) is 18.9. The summed E-state index contributed by atoms with van der Waals surface area (Å²) in [5, 5.41) is 7.23. The fraction of sp³-hybridized carbons (Fsp3) is 0.417. The largest absolute Gasteiger partial charge is 0.362 e. The van der Waals surface area contributed by atoms with E-state index in [0.717, 1.165) is 42.4 Å². The molecule has 0 spiro atoms. The molecule has 0 unspecified atom stereocenters. The van der Waals surface area contributed by atoms with Crippen LogP contribution in [0.3, 0.4) is 0 Å². The van der Waals surface area contributed by atoms with Gasteiger partial charge in [-0.3, -0.25) is 0 Å². The Hall–Kier alpha value is -3.01. The number of aromatic nitrogens is 2. The van der Waals surface area contributed by atoms with Crippen LogP contribution in [-0.2, 0) is 6.54 Å². The van der Waals surface area contributed by atoms with Crippen LogP contribution in [0.25, 0.3) is 10.9 Å². The Labute approximate surface area is 194 Å². The Morgan fingerprint density at radius 2 is 1.47 bits per heavy atom. The second-order valence-corrected chi connectivity index (χ2v) is 8.82. The molecule has 10 heteroatoms. The van der Waals surface area contributed by atoms with Gasteiger partial charge in [0.15, 0.2) is 23.3 Å². The molecule has 34 heavy (non-hydrogen) atoms. The molecule has 0 atom stereocenters. The molecule has 2 aromatic carbocycles. The Balaban J connectivity index is 1.32. The van der Waals surface area contributed by atoms with Crippen molar-refractivity contribution in [3.05, 3.63) is 58.9 Å². The minimum absolute atomic E-state index is 0.183. The first kappa shape index (κ1) is 24.1. The molecule has 0 bridgehead atoms. The lowest BCUT2D eigenvalue weighted by molar-refractivity contribution is 0.319. The molecule has 1 fully saturated rings. The number of halogens is 5. The standard InChI is InChI=1S/C24H26F5N5/c1-34(2)23-15-5-3-4-6-17(15)32-24(33-23)31-14-9-7-13(8-10-14)11-30-12-16-18(25)20(27)22(29)21(28)19(16)26/h3-6,13-14,30H,7-12H2,1-2H3,(H,31,32,33). The summed E-state index contributed by atoms with van der Waals surface area (Å²) in [6.45, 7) is -0.00826. The number of para-hydroxylation sites is 1. The van der Waals surface area contributed by atoms with Gasteiger partial charge in [0, 0.05) is 37.6 Å². The van der Waals surface area contributed by atoms with Crippen LogP contribution in [0.15, 0.2) is 24.3 Å². The van der Waals surface area contributed by atoms with Gasteiger partial charge in [-0.15, -0.1) is 0 Å². The van der Waals surface area contributed by atoms with Crippen LogP contribution in [0.1, 0.15) is 31.2 Å². The maximum atomic E-state index is 13.8. The first-order valence-corrected chi connectivity index (χ1v) is 11.2. The number of benzene rings is 2. The van der Waals surface area contributed by atoms with E-state index in [2.05, 4.69) is 20.6 Å². The topological polar surface area (TPSA) is 53.1 Å². The van der Waals surface area contributed by atoms with E-state index >= 15 is 0 Å². The van der Waals surface area contributed by atoms with Crippen molar-refractivity contribution < 1.29 is 22.0 Å². The van der Waals surface area contributed by atoms with Crippen LogP contribution < -0.4 is 15.5 Å². The molecule has 1 heterocycles. The van der Waals surface area contributed by atoms with Crippen molar-refractivity contribution in [2.24, 2.45) is 5.92 Å². The molecular weight excluding hydrogens is 453 g/mol. The number of anilines is 2. The molecule has 0 aliphatic heterocycles. The average Bonchev–Trinajstić information content (AvgIpc) is 2.84. The van der Waals surface area contributed by atoms with E-state index in [0.29, 0.717) is 12.5 Å². The molecule has 0 saturated heterocycles. The zero-order valence-electron chi connectivity index (χ0n) is 18.9. The molecule has 1 saturated carbocycles. The van der Waals surface area contributed by atoms with Crippen molar-refractivity contribution in [1.82, 2.24) is 15.3 Å². The van der Waals surface area contributed by atoms with Gasteiger partial charge in [-0.2, -0.15) is 4.98 Å². The minimum atomic E-state index is -2.14. The Morgan fingerprint density at radius 3 is 2.12 bits per heavy atom. The molecule has 0 amide bonds. The van der Waals surface area contributed by atoms with Crippen molar-refractivity contribution in [3.8, 4) is 0 Å². The van der Waals surface area contributed by atoms with Gasteiger partial charge in [0.05, 0.1) is 5.52 Å². The first-order valence-electron chi connectivity index (χ1n) is 11.2. The number of hydrogen-bond acceptors (Lipinski definition) is 5. The molecule has 3 aromatic rings. The first-order chi connectivity index (χ1) is 16.3. The van der Waals surface area contributed by atoms with E-state index < -0.39 is 41.2 Å². The maximum absolute atomic E-state index is 13.8. The summed E-state index contributed by atoms with van der Waals surface area (Å²) in [7, 11) is 3.87. The lowest BCUT2D eigenvalue weighted by Crippen LogP contribution is -2.32. The predicted molar refractivity (Wildman–Crippen MR) is 121 cm³/mol. The quantitative estimate of drug-likeness (QED) is 0.279. The van der Waals surface area contributed by atoms with Gasteiger partial charge >= 0.3 is 0 Å². The van der Waals surface area contributed by atoms with Gasteiger partial charge in [0.2, 0.25) is 11.8 Å². The smallest absolute Gasteiger partial charge is 0.225 e. The Kier molecular flexibility index (Phi) is 7.16. The van der Waals surface area contributed by atoms with E-state index in [9.17, 15) is 22.0 Å². The van der Waals surface area contributed by atoms with Crippen LogP contribution >= 0.6 is 0 Å². The van der Waals surface area contributed by atoms with E-state index in [1.54, 1.807) is 0 Å². The molecule has 1 aliphatic rings. The van der Waals surface area contributed by atoms with Crippen LogP contribution in [0.2, 0.25) is 0 Å². The third-order valence-electron chi connectivity index (χ3n) is 6.22. The van der Waals surface area contributed by atoms with E-state index in [4.69, 9.17) is 0 Å². The summed E-state index contributed by atoms with van der Waals surface area (Å²) in [5.41, 5.74) is 0.0200. The third-order valence-corrected chi connectivity index (χ3v) is 6.22. The number of nitrogens with zero attached hydrogens (tertiary/aromatic N) is 3. The lowest BCUT2D eigenvalue weighted by atomic mass is 9.86. The summed E-state index contributed by atoms with van der Waals surface area (Å²) < 4.78 is 67.5. The van der Waals surface area contributed by atoms with Gasteiger partial charge in [0.25, 0.3) is 0 Å². The molecular formula is C24H26F5N5. The van der Waals surface area contributed by atoms with Crippen LogP contribution in [-0.4, -0.2) is 36.6 Å². The molecule has 1 aromatic heterocycles. The third kappa shape index (κ3) is 4.91. The van der Waals surface area contributed by atoms with Gasteiger partial charge in [-0.05, 0) is 50.3 Å². The summed E-state index contributed by atoms with van der Waals surface area (Å²) in [4.78, 5) is 11.2. The van der Waals surface area contributed by atoms with Gasteiger partial charge in [-0.1, -0.05) is 12.1 Å². The maximum Gasteiger partial charge on any atom is 0.225 e. The Bertz CT molecular complexity index is 1150.